The van der Waals surface area contributed by atoms with Crippen molar-refractivity contribution in [1.82, 2.24) is 0 Å². The number of hydrogen-bond acceptors (Lipinski definition) is 2. The fourth-order valence-corrected chi connectivity index (χ4v) is 3.23. The van der Waals surface area contributed by atoms with Gasteiger partial charge in [-0.15, -0.1) is 0 Å². The molecule has 0 spiro atoms. The van der Waals surface area contributed by atoms with Gasteiger partial charge in [0.25, 0.3) is 0 Å². The van der Waals surface area contributed by atoms with Gasteiger partial charge in [0.1, 0.15) is 0 Å². The van der Waals surface area contributed by atoms with E-state index in [9.17, 15) is 4.79 Å². The Bertz CT molecular complexity index is 679. The Kier molecular flexibility index (Phi) is 4.89. The van der Waals surface area contributed by atoms with Gasteiger partial charge in [-0.1, -0.05) is 60.7 Å². The van der Waals surface area contributed by atoms with Crippen LogP contribution in [0.3, 0.4) is 0 Å². The summed E-state index contributed by atoms with van der Waals surface area (Å²) in [4.78, 5) is 13.5. The molecule has 1 unspecified atom stereocenters. The fourth-order valence-electron chi connectivity index (χ4n) is 3.23. The smallest absolute Gasteiger partial charge is 0.369 e. The highest BCUT2D eigenvalue weighted by Gasteiger charge is 2.33. The van der Waals surface area contributed by atoms with E-state index in [0.29, 0.717) is 0 Å². The van der Waals surface area contributed by atoms with Crippen LogP contribution in [-0.2, 0) is 9.53 Å². The van der Waals surface area contributed by atoms with E-state index in [2.05, 4.69) is 30.3 Å². The second-order valence-corrected chi connectivity index (χ2v) is 5.82. The van der Waals surface area contributed by atoms with Crippen molar-refractivity contribution in [1.29, 1.82) is 0 Å². The summed E-state index contributed by atoms with van der Waals surface area (Å²) in [5.74, 6) is -0.164. The minimum absolute atomic E-state index is 0.164. The maximum absolute atomic E-state index is 12.3. The van der Waals surface area contributed by atoms with Gasteiger partial charge < -0.3 is 9.64 Å². The molecule has 2 aromatic rings. The van der Waals surface area contributed by atoms with Crippen LogP contribution in [0, 0.1) is 0 Å². The summed E-state index contributed by atoms with van der Waals surface area (Å²) in [6, 6.07) is 20.1. The third-order valence-electron chi connectivity index (χ3n) is 4.45. The summed E-state index contributed by atoms with van der Waals surface area (Å²) in [5.41, 5.74) is 3.66. The van der Waals surface area contributed by atoms with Crippen LogP contribution in [0.2, 0.25) is 0 Å². The summed E-state index contributed by atoms with van der Waals surface area (Å²) >= 11 is 0. The predicted octanol–water partition coefficient (Wildman–Crippen LogP) is 2.27. The van der Waals surface area contributed by atoms with Crippen molar-refractivity contribution in [2.75, 3.05) is 20.2 Å². The maximum Gasteiger partial charge on any atom is 0.369 e. The highest BCUT2D eigenvalue weighted by atomic mass is 16.5. The molecule has 1 N–H and O–H groups in total. The van der Waals surface area contributed by atoms with Gasteiger partial charge in [0.2, 0.25) is 6.04 Å². The van der Waals surface area contributed by atoms with Crippen LogP contribution >= 0.6 is 0 Å². The highest BCUT2D eigenvalue weighted by molar-refractivity contribution is 5.76. The van der Waals surface area contributed by atoms with Gasteiger partial charge in [0, 0.05) is 12.0 Å². The Hall–Kier alpha value is -2.39. The van der Waals surface area contributed by atoms with E-state index in [0.717, 1.165) is 25.1 Å². The molecule has 0 saturated carbocycles. The molecule has 0 aromatic heterocycles. The average Bonchev–Trinajstić information content (AvgIpc) is 2.64. The zero-order chi connectivity index (χ0) is 16.1. The Morgan fingerprint density at radius 2 is 1.70 bits per heavy atom. The normalized spacial score (nSPS) is 18.8. The standard InChI is InChI=1S/C20H21NO2/c1-23-20(22)19(18-10-6-3-7-11-18)21-14-12-17(13-15-21)16-8-4-2-5-9-16/h2-12,19H,13-15H2,1H3/p+1/t19-/m1/s1. The molecule has 0 aliphatic carbocycles. The van der Waals surface area contributed by atoms with Crippen LogP contribution in [0.4, 0.5) is 0 Å². The number of methoxy groups -OCH3 is 1. The van der Waals surface area contributed by atoms with Gasteiger partial charge in [-0.25, -0.2) is 4.79 Å². The molecule has 1 aliphatic rings. The number of rotatable bonds is 4. The van der Waals surface area contributed by atoms with E-state index >= 15 is 0 Å². The van der Waals surface area contributed by atoms with Crippen molar-refractivity contribution in [3.63, 3.8) is 0 Å². The molecule has 0 fully saturated rings. The molecule has 2 aromatic carbocycles. The molecule has 0 bridgehead atoms. The number of benzene rings is 2. The Balaban J connectivity index is 1.81. The number of carbonyl (C=O) groups is 1. The Morgan fingerprint density at radius 3 is 2.26 bits per heavy atom. The van der Waals surface area contributed by atoms with E-state index in [1.807, 2.05) is 36.4 Å². The fraction of sp³-hybridized carbons (Fsp3) is 0.250. The molecule has 0 amide bonds. The van der Waals surface area contributed by atoms with E-state index in [1.54, 1.807) is 0 Å². The quantitative estimate of drug-likeness (QED) is 0.879. The van der Waals surface area contributed by atoms with Crippen molar-refractivity contribution in [2.45, 2.75) is 12.5 Å². The van der Waals surface area contributed by atoms with Crippen molar-refractivity contribution >= 4 is 11.5 Å². The first-order chi connectivity index (χ1) is 11.3. The van der Waals surface area contributed by atoms with Crippen molar-refractivity contribution in [2.24, 2.45) is 0 Å². The molecule has 0 saturated heterocycles. The molecule has 118 valence electrons. The Morgan fingerprint density at radius 1 is 1.04 bits per heavy atom. The predicted molar refractivity (Wildman–Crippen MR) is 90.9 cm³/mol. The first-order valence-corrected chi connectivity index (χ1v) is 8.01. The number of carbonyl (C=O) groups excluding carboxylic acids is 1. The second kappa shape index (κ2) is 7.25. The molecule has 3 rings (SSSR count). The van der Waals surface area contributed by atoms with Gasteiger partial charge in [0.15, 0.2) is 0 Å². The van der Waals surface area contributed by atoms with Crippen LogP contribution < -0.4 is 4.90 Å². The van der Waals surface area contributed by atoms with Crippen molar-refractivity contribution in [3.05, 3.63) is 77.9 Å². The summed E-state index contributed by atoms with van der Waals surface area (Å²) in [5, 5.41) is 0. The molecule has 23 heavy (non-hydrogen) atoms. The Labute approximate surface area is 137 Å². The van der Waals surface area contributed by atoms with E-state index < -0.39 is 0 Å². The molecular formula is C20H22NO2+. The molecule has 1 aliphatic heterocycles. The zero-order valence-corrected chi connectivity index (χ0v) is 13.4. The first-order valence-electron chi connectivity index (χ1n) is 8.01. The number of ether oxygens (including phenoxy) is 1. The van der Waals surface area contributed by atoms with Crippen LogP contribution in [0.25, 0.3) is 5.57 Å². The first kappa shape index (κ1) is 15.5. The zero-order valence-electron chi connectivity index (χ0n) is 13.4. The van der Waals surface area contributed by atoms with Gasteiger partial charge in [-0.3, -0.25) is 0 Å². The monoisotopic (exact) mass is 308 g/mol. The molecule has 3 nitrogen and oxygen atoms in total. The number of nitrogens with one attached hydrogen (secondary N) is 1. The average molecular weight is 308 g/mol. The lowest BCUT2D eigenvalue weighted by Crippen LogP contribution is -3.13. The van der Waals surface area contributed by atoms with Gasteiger partial charge in [-0.2, -0.15) is 0 Å². The van der Waals surface area contributed by atoms with Gasteiger partial charge >= 0.3 is 5.97 Å². The molecule has 1 heterocycles. The number of quaternary nitrogens is 1. The van der Waals surface area contributed by atoms with Crippen LogP contribution in [0.5, 0.6) is 0 Å². The lowest BCUT2D eigenvalue weighted by molar-refractivity contribution is -0.918. The minimum Gasteiger partial charge on any atom is -0.464 e. The number of esters is 1. The molecule has 0 radical (unpaired) electrons. The maximum atomic E-state index is 12.3. The van der Waals surface area contributed by atoms with Gasteiger partial charge in [-0.05, 0) is 17.2 Å². The highest BCUT2D eigenvalue weighted by Crippen LogP contribution is 2.19. The SMILES string of the molecule is COC(=O)[C@@H](c1ccccc1)[NH+]1CC=C(c2ccccc2)CC1. The van der Waals surface area contributed by atoms with Crippen LogP contribution in [-0.4, -0.2) is 26.2 Å². The van der Waals surface area contributed by atoms with E-state index in [-0.39, 0.29) is 12.0 Å². The topological polar surface area (TPSA) is 30.7 Å². The van der Waals surface area contributed by atoms with Crippen molar-refractivity contribution in [3.8, 4) is 0 Å². The molecular weight excluding hydrogens is 286 g/mol. The van der Waals surface area contributed by atoms with Gasteiger partial charge in [0.05, 0.1) is 20.2 Å². The van der Waals surface area contributed by atoms with E-state index in [4.69, 9.17) is 4.74 Å². The summed E-state index contributed by atoms with van der Waals surface area (Å²) in [6.07, 6.45) is 3.23. The molecule has 3 heteroatoms. The second-order valence-electron chi connectivity index (χ2n) is 5.82. The number of hydrogen-bond donors (Lipinski definition) is 1. The third-order valence-corrected chi connectivity index (χ3v) is 4.45. The lowest BCUT2D eigenvalue weighted by Gasteiger charge is -2.29. The van der Waals surface area contributed by atoms with Crippen LogP contribution in [0.15, 0.2) is 66.7 Å². The van der Waals surface area contributed by atoms with E-state index in [1.165, 1.54) is 23.1 Å². The largest absolute Gasteiger partial charge is 0.464 e. The lowest BCUT2D eigenvalue weighted by atomic mass is 9.97. The minimum atomic E-state index is -0.255. The summed E-state index contributed by atoms with van der Waals surface area (Å²) < 4.78 is 5.05. The van der Waals surface area contributed by atoms with Crippen molar-refractivity contribution < 1.29 is 14.4 Å². The summed E-state index contributed by atoms with van der Waals surface area (Å²) in [6.45, 7) is 1.76. The van der Waals surface area contributed by atoms with Crippen LogP contribution in [0.1, 0.15) is 23.6 Å². The molecule has 2 atom stereocenters. The summed E-state index contributed by atoms with van der Waals surface area (Å²) in [7, 11) is 1.47. The third kappa shape index (κ3) is 3.51.